The predicted molar refractivity (Wildman–Crippen MR) is 98.0 cm³/mol. The van der Waals surface area contributed by atoms with Crippen molar-refractivity contribution >= 4 is 61.4 Å². The van der Waals surface area contributed by atoms with Crippen LogP contribution in [0.15, 0.2) is 16.6 Å². The number of nitrogens with one attached hydrogen (secondary N) is 1. The molecule has 1 aliphatic heterocycles. The quantitative estimate of drug-likeness (QED) is 0.532. The highest BCUT2D eigenvalue weighted by molar-refractivity contribution is 9.10. The normalized spacial score (nSPS) is 19.7. The third-order valence-electron chi connectivity index (χ3n) is 3.83. The molecule has 0 spiro atoms. The van der Waals surface area contributed by atoms with Crippen LogP contribution in [0.5, 0.6) is 0 Å². The second-order valence-corrected chi connectivity index (χ2v) is 10.1. The first-order valence-electron chi connectivity index (χ1n) is 7.05. The van der Waals surface area contributed by atoms with Gasteiger partial charge in [0.1, 0.15) is 10.9 Å². The summed E-state index contributed by atoms with van der Waals surface area (Å²) < 4.78 is 18.5. The van der Waals surface area contributed by atoms with Gasteiger partial charge in [-0.2, -0.15) is 0 Å². The smallest absolute Gasteiger partial charge is 0.137 e. The van der Waals surface area contributed by atoms with Crippen LogP contribution in [0, 0.1) is 0 Å². The minimum Gasteiger partial charge on any atom is -0.598 e. The molecule has 0 bridgehead atoms. The van der Waals surface area contributed by atoms with Crippen molar-refractivity contribution in [3.63, 3.8) is 0 Å². The average molecular weight is 424 g/mol. The van der Waals surface area contributed by atoms with Gasteiger partial charge in [0, 0.05) is 26.9 Å². The molecule has 0 unspecified atom stereocenters. The molecule has 7 heteroatoms. The zero-order valence-electron chi connectivity index (χ0n) is 12.5. The van der Waals surface area contributed by atoms with Gasteiger partial charge in [-0.25, -0.2) is 0 Å². The number of aromatic nitrogens is 1. The predicted octanol–water partition coefficient (Wildman–Crippen LogP) is 5.21. The maximum atomic E-state index is 12.4. The van der Waals surface area contributed by atoms with E-state index in [0.717, 1.165) is 28.2 Å². The van der Waals surface area contributed by atoms with Crippen LogP contribution in [0.1, 0.15) is 39.1 Å². The molecule has 0 saturated heterocycles. The molecule has 120 valence electrons. The van der Waals surface area contributed by atoms with Crippen LogP contribution in [0.2, 0.25) is 10.0 Å². The Labute approximate surface area is 151 Å². The summed E-state index contributed by atoms with van der Waals surface area (Å²) in [6.07, 6.45) is 1.84. The minimum absolute atomic E-state index is 0.00102. The van der Waals surface area contributed by atoms with E-state index < -0.39 is 11.4 Å². The molecule has 0 saturated carbocycles. The first kappa shape index (κ1) is 16.9. The molecule has 2 atom stereocenters. The van der Waals surface area contributed by atoms with E-state index in [4.69, 9.17) is 23.2 Å². The van der Waals surface area contributed by atoms with E-state index in [1.54, 1.807) is 0 Å². The lowest BCUT2D eigenvalue weighted by atomic mass is 10.2. The fourth-order valence-corrected chi connectivity index (χ4v) is 4.73. The molecule has 1 aliphatic rings. The van der Waals surface area contributed by atoms with E-state index >= 15 is 0 Å². The van der Waals surface area contributed by atoms with Crippen molar-refractivity contribution in [1.82, 2.24) is 9.29 Å². The van der Waals surface area contributed by atoms with Gasteiger partial charge in [0.2, 0.25) is 0 Å². The van der Waals surface area contributed by atoms with E-state index in [0.29, 0.717) is 10.0 Å². The van der Waals surface area contributed by atoms with Crippen molar-refractivity contribution in [3.05, 3.63) is 32.3 Å². The van der Waals surface area contributed by atoms with Gasteiger partial charge in [-0.05, 0) is 61.7 Å². The number of rotatable bonds is 2. The highest BCUT2D eigenvalue weighted by Gasteiger charge is 2.34. The van der Waals surface area contributed by atoms with E-state index in [1.165, 1.54) is 5.69 Å². The molecule has 0 radical (unpaired) electrons. The number of aryl methyl sites for hydroxylation is 1. The molecule has 2 aromatic rings. The molecule has 2 heterocycles. The molecule has 1 N–H and O–H groups in total. The molecule has 0 aliphatic carbocycles. The summed E-state index contributed by atoms with van der Waals surface area (Å²) in [6, 6.07) is 3.89. The van der Waals surface area contributed by atoms with Crippen LogP contribution in [-0.4, -0.2) is 13.9 Å². The van der Waals surface area contributed by atoms with Gasteiger partial charge in [0.05, 0.1) is 15.6 Å². The van der Waals surface area contributed by atoms with Crippen LogP contribution >= 0.6 is 39.1 Å². The number of benzene rings is 1. The summed E-state index contributed by atoms with van der Waals surface area (Å²) in [7, 11) is 0. The zero-order chi connectivity index (χ0) is 16.2. The molecule has 3 rings (SSSR count). The number of halogens is 3. The summed E-state index contributed by atoms with van der Waals surface area (Å²) in [5, 5.41) is 2.04. The van der Waals surface area contributed by atoms with Gasteiger partial charge in [0.15, 0.2) is 0 Å². The van der Waals surface area contributed by atoms with Gasteiger partial charge in [0.25, 0.3) is 0 Å². The molecule has 1 aromatic carbocycles. The summed E-state index contributed by atoms with van der Waals surface area (Å²) in [5.41, 5.74) is 2.19. The van der Waals surface area contributed by atoms with E-state index in [1.807, 2.05) is 26.8 Å². The van der Waals surface area contributed by atoms with Gasteiger partial charge in [-0.1, -0.05) is 23.2 Å². The second kappa shape index (κ2) is 5.87. The van der Waals surface area contributed by atoms with Crippen molar-refractivity contribution in [2.75, 3.05) is 0 Å². The lowest BCUT2D eigenvalue weighted by Crippen LogP contribution is -2.42. The van der Waals surface area contributed by atoms with Crippen molar-refractivity contribution in [2.45, 2.75) is 44.5 Å². The van der Waals surface area contributed by atoms with Crippen molar-refractivity contribution < 1.29 is 4.55 Å². The minimum atomic E-state index is -1.12. The monoisotopic (exact) mass is 422 g/mol. The Morgan fingerprint density at radius 2 is 2.05 bits per heavy atom. The Morgan fingerprint density at radius 3 is 2.68 bits per heavy atom. The van der Waals surface area contributed by atoms with Gasteiger partial charge in [-0.3, -0.25) is 0 Å². The Balaban J connectivity index is 2.07. The number of hydrogen-bond donors (Lipinski definition) is 1. The summed E-state index contributed by atoms with van der Waals surface area (Å²) in [5.74, 6) is 0. The molecule has 0 fully saturated rings. The maximum Gasteiger partial charge on any atom is 0.137 e. The lowest BCUT2D eigenvalue weighted by Gasteiger charge is -2.27. The topological polar surface area (TPSA) is 40.0 Å². The van der Waals surface area contributed by atoms with Crippen LogP contribution < -0.4 is 4.72 Å². The fourth-order valence-electron chi connectivity index (χ4n) is 2.73. The summed E-state index contributed by atoms with van der Waals surface area (Å²) in [6.45, 7) is 5.89. The molecule has 3 nitrogen and oxygen atoms in total. The fraction of sp³-hybridized carbons (Fsp3) is 0.467. The van der Waals surface area contributed by atoms with Crippen molar-refractivity contribution in [2.24, 2.45) is 0 Å². The molecule has 22 heavy (non-hydrogen) atoms. The van der Waals surface area contributed by atoms with E-state index in [-0.39, 0.29) is 10.9 Å². The highest BCUT2D eigenvalue weighted by Crippen LogP contribution is 2.42. The van der Waals surface area contributed by atoms with Crippen LogP contribution in [0.25, 0.3) is 10.9 Å². The van der Waals surface area contributed by atoms with Gasteiger partial charge >= 0.3 is 0 Å². The SMILES string of the molecule is CC(C)(C)[S@@+]([O-])N[C@H]1CCc2cc3c(Cl)c(Cl)cc(Br)c3n21. The Kier molecular flexibility index (Phi) is 4.52. The van der Waals surface area contributed by atoms with Crippen LogP contribution in [-0.2, 0) is 17.8 Å². The van der Waals surface area contributed by atoms with Gasteiger partial charge < -0.3 is 9.12 Å². The number of hydrogen-bond acceptors (Lipinski definition) is 2. The van der Waals surface area contributed by atoms with Crippen LogP contribution in [0.4, 0.5) is 0 Å². The molecular formula is C15H17BrCl2N2OS. The Morgan fingerprint density at radius 1 is 1.36 bits per heavy atom. The standard InChI is InChI=1S/C15H17BrCl2N2OS/c1-15(2,3)22(21)19-12-5-4-8-6-9-13(18)11(17)7-10(16)14(9)20(8)12/h6-7,12,19H,4-5H2,1-3H3/t12-,22-/m1/s1. The third kappa shape index (κ3) is 2.80. The number of fused-ring (bicyclic) bond motifs is 3. The largest absolute Gasteiger partial charge is 0.598 e. The van der Waals surface area contributed by atoms with Crippen LogP contribution in [0.3, 0.4) is 0 Å². The highest BCUT2D eigenvalue weighted by atomic mass is 79.9. The van der Waals surface area contributed by atoms with E-state index in [2.05, 4.69) is 31.3 Å². The Bertz CT molecular complexity index is 741. The molecule has 0 amide bonds. The zero-order valence-corrected chi connectivity index (χ0v) is 16.5. The number of nitrogens with zero attached hydrogens (tertiary/aromatic N) is 1. The maximum absolute atomic E-state index is 12.4. The summed E-state index contributed by atoms with van der Waals surface area (Å²) >= 11 is 15.0. The van der Waals surface area contributed by atoms with Crippen molar-refractivity contribution in [1.29, 1.82) is 0 Å². The average Bonchev–Trinajstić information content (AvgIpc) is 2.95. The second-order valence-electron chi connectivity index (χ2n) is 6.48. The molecule has 1 aromatic heterocycles. The summed E-state index contributed by atoms with van der Waals surface area (Å²) in [4.78, 5) is 0. The first-order chi connectivity index (χ1) is 10.2. The Hall–Kier alpha value is 0.0900. The first-order valence-corrected chi connectivity index (χ1v) is 9.75. The molecular weight excluding hydrogens is 407 g/mol. The third-order valence-corrected chi connectivity index (χ3v) is 6.83. The van der Waals surface area contributed by atoms with Gasteiger partial charge in [-0.15, -0.1) is 4.72 Å². The van der Waals surface area contributed by atoms with Crippen molar-refractivity contribution in [3.8, 4) is 0 Å². The van der Waals surface area contributed by atoms with E-state index in [9.17, 15) is 4.55 Å². The lowest BCUT2D eigenvalue weighted by molar-refractivity contribution is 0.472.